The molecular weight excluding hydrogens is 444 g/mol. The maximum atomic E-state index is 12.7. The van der Waals surface area contributed by atoms with Crippen LogP contribution in [0.15, 0.2) is 30.3 Å². The van der Waals surface area contributed by atoms with Crippen molar-refractivity contribution in [2.45, 2.75) is 37.6 Å². The number of halogens is 1. The van der Waals surface area contributed by atoms with Gasteiger partial charge in [-0.05, 0) is 44.5 Å². The number of nitrogens with zero attached hydrogens (tertiary/aromatic N) is 1. The molecule has 3 N–H and O–H groups in total. The predicted octanol–water partition coefficient (Wildman–Crippen LogP) is 3.19. The summed E-state index contributed by atoms with van der Waals surface area (Å²) in [5.41, 5.74) is 0.281. The number of amidine groups is 1. The van der Waals surface area contributed by atoms with E-state index < -0.39 is 20.1 Å². The minimum Gasteiger partial charge on any atom is -0.362 e. The summed E-state index contributed by atoms with van der Waals surface area (Å²) in [4.78, 5) is 13.4. The minimum atomic E-state index is -3.61. The molecule has 0 radical (unpaired) electrons. The Morgan fingerprint density at radius 2 is 1.97 bits per heavy atom. The zero-order valence-electron chi connectivity index (χ0n) is 16.7. The van der Waals surface area contributed by atoms with E-state index in [9.17, 15) is 13.2 Å². The van der Waals surface area contributed by atoms with Gasteiger partial charge in [0.15, 0.2) is 9.84 Å². The fourth-order valence-electron chi connectivity index (χ4n) is 3.12. The van der Waals surface area contributed by atoms with Crippen molar-refractivity contribution in [3.05, 3.63) is 56.2 Å². The van der Waals surface area contributed by atoms with Crippen LogP contribution in [0.2, 0.25) is 5.02 Å². The number of sulfone groups is 1. The number of nitrogens with one attached hydrogen (secondary N) is 3. The zero-order valence-corrected chi connectivity index (χ0v) is 19.1. The van der Waals surface area contributed by atoms with Crippen molar-refractivity contribution in [2.24, 2.45) is 0 Å². The third kappa shape index (κ3) is 3.95. The summed E-state index contributed by atoms with van der Waals surface area (Å²) in [5.74, 6) is -0.676. The molecule has 30 heavy (non-hydrogen) atoms. The van der Waals surface area contributed by atoms with Crippen molar-refractivity contribution >= 4 is 44.5 Å². The molecule has 2 aromatic rings. The molecule has 1 amide bonds. The number of hydrogen-bond donors (Lipinski definition) is 3. The highest BCUT2D eigenvalue weighted by molar-refractivity contribution is 7.93. The molecule has 10 heteroatoms. The molecule has 0 aliphatic carbocycles. The molecule has 2 heterocycles. The van der Waals surface area contributed by atoms with Crippen molar-refractivity contribution in [2.75, 3.05) is 5.75 Å². The van der Waals surface area contributed by atoms with Crippen LogP contribution < -0.4 is 10.6 Å². The van der Waals surface area contributed by atoms with Crippen molar-refractivity contribution < 1.29 is 13.2 Å². The number of carbonyl (C=O) groups excluding carboxylic acids is 1. The number of nitriles is 1. The van der Waals surface area contributed by atoms with Crippen LogP contribution in [-0.2, 0) is 21.9 Å². The Bertz CT molecular complexity index is 1160. The first-order valence-corrected chi connectivity index (χ1v) is 11.9. The number of amides is 1. The summed E-state index contributed by atoms with van der Waals surface area (Å²) < 4.78 is 24.2. The van der Waals surface area contributed by atoms with E-state index in [1.165, 1.54) is 19.9 Å². The number of carbonyl (C=O) groups is 1. The molecular formula is C20H21ClN4O3S2. The van der Waals surface area contributed by atoms with Gasteiger partial charge in [0, 0.05) is 6.54 Å². The van der Waals surface area contributed by atoms with Crippen LogP contribution in [0.4, 0.5) is 0 Å². The lowest BCUT2D eigenvalue weighted by molar-refractivity contribution is 0.0955. The average Bonchev–Trinajstić information content (AvgIpc) is 3.07. The van der Waals surface area contributed by atoms with E-state index >= 15 is 0 Å². The van der Waals surface area contributed by atoms with Gasteiger partial charge >= 0.3 is 0 Å². The van der Waals surface area contributed by atoms with Gasteiger partial charge in [0.2, 0.25) is 0 Å². The molecule has 3 rings (SSSR count). The summed E-state index contributed by atoms with van der Waals surface area (Å²) in [7, 11) is -3.61. The van der Waals surface area contributed by atoms with Crippen molar-refractivity contribution in [3.63, 3.8) is 0 Å². The number of benzene rings is 1. The van der Waals surface area contributed by atoms with E-state index in [0.717, 1.165) is 16.9 Å². The predicted molar refractivity (Wildman–Crippen MR) is 118 cm³/mol. The molecule has 158 valence electrons. The lowest BCUT2D eigenvalue weighted by atomic mass is 10.00. The molecule has 1 aliphatic rings. The molecule has 1 aromatic heterocycles. The lowest BCUT2D eigenvalue weighted by Gasteiger charge is -2.42. The zero-order chi connectivity index (χ0) is 22.3. The van der Waals surface area contributed by atoms with Crippen LogP contribution in [0.1, 0.15) is 46.4 Å². The first-order chi connectivity index (χ1) is 13.9. The Labute approximate surface area is 184 Å². The highest BCUT2D eigenvalue weighted by Gasteiger charge is 2.51. The van der Waals surface area contributed by atoms with Crippen LogP contribution in [-0.4, -0.2) is 30.7 Å². The summed E-state index contributed by atoms with van der Waals surface area (Å²) in [6, 6.07) is 10.4. The first-order valence-electron chi connectivity index (χ1n) is 9.06. The van der Waals surface area contributed by atoms with Gasteiger partial charge in [-0.25, -0.2) is 8.42 Å². The Kier molecular flexibility index (Phi) is 5.71. The highest BCUT2D eigenvalue weighted by atomic mass is 35.5. The van der Waals surface area contributed by atoms with Gasteiger partial charge in [-0.2, -0.15) is 5.26 Å². The monoisotopic (exact) mass is 464 g/mol. The normalized spacial score (nSPS) is 22.0. The van der Waals surface area contributed by atoms with E-state index in [0.29, 0.717) is 15.3 Å². The van der Waals surface area contributed by atoms with Gasteiger partial charge in [-0.1, -0.05) is 23.7 Å². The van der Waals surface area contributed by atoms with Crippen LogP contribution in [0.5, 0.6) is 0 Å². The fourth-order valence-corrected chi connectivity index (χ4v) is 6.48. The Hall–Kier alpha value is -2.41. The summed E-state index contributed by atoms with van der Waals surface area (Å²) >= 11 is 7.48. The topological polar surface area (TPSA) is 123 Å². The average molecular weight is 465 g/mol. The van der Waals surface area contributed by atoms with Gasteiger partial charge < -0.3 is 10.6 Å². The summed E-state index contributed by atoms with van der Waals surface area (Å²) in [6.45, 7) is 4.94. The molecule has 1 atom stereocenters. The number of rotatable bonds is 4. The standard InChI is InChI=1S/C20H21ClN4O3S2/c1-19(2)18(23)25-20(3,11-30(19,27)28)16-14(21)8-15(29-16)17(26)24-10-13-6-4-12(9-22)5-7-13/h4-8H,10-11H2,1-3H3,(H2,23,25)(H,24,26)/t20-/m0/s1. The van der Waals surface area contributed by atoms with Crippen molar-refractivity contribution in [1.29, 1.82) is 10.7 Å². The second-order valence-corrected chi connectivity index (χ2v) is 11.9. The maximum Gasteiger partial charge on any atom is 0.261 e. The lowest BCUT2D eigenvalue weighted by Crippen LogP contribution is -2.63. The fraction of sp³-hybridized carbons (Fsp3) is 0.350. The van der Waals surface area contributed by atoms with Crippen LogP contribution >= 0.6 is 22.9 Å². The Morgan fingerprint density at radius 3 is 2.53 bits per heavy atom. The van der Waals surface area contributed by atoms with E-state index in [2.05, 4.69) is 10.6 Å². The van der Waals surface area contributed by atoms with Gasteiger partial charge in [0.05, 0.1) is 37.7 Å². The molecule has 1 fully saturated rings. The Morgan fingerprint density at radius 1 is 1.33 bits per heavy atom. The smallest absolute Gasteiger partial charge is 0.261 e. The minimum absolute atomic E-state index is 0.104. The third-order valence-electron chi connectivity index (χ3n) is 5.21. The molecule has 7 nitrogen and oxygen atoms in total. The van der Waals surface area contributed by atoms with E-state index in [1.807, 2.05) is 6.07 Å². The largest absolute Gasteiger partial charge is 0.362 e. The van der Waals surface area contributed by atoms with Crippen LogP contribution in [0, 0.1) is 16.7 Å². The van der Waals surface area contributed by atoms with E-state index in [4.69, 9.17) is 22.3 Å². The van der Waals surface area contributed by atoms with E-state index in [1.54, 1.807) is 31.2 Å². The van der Waals surface area contributed by atoms with Gasteiger partial charge in [0.25, 0.3) is 5.91 Å². The maximum absolute atomic E-state index is 12.7. The molecule has 0 spiro atoms. The van der Waals surface area contributed by atoms with Crippen LogP contribution in [0.25, 0.3) is 0 Å². The van der Waals surface area contributed by atoms with Gasteiger partial charge in [-0.3, -0.25) is 10.2 Å². The number of hydrogen-bond acceptors (Lipinski definition) is 6. The molecule has 1 saturated heterocycles. The molecule has 0 unspecified atom stereocenters. The Balaban J connectivity index is 1.80. The molecule has 0 bridgehead atoms. The van der Waals surface area contributed by atoms with Gasteiger partial charge in [0.1, 0.15) is 10.6 Å². The molecule has 0 saturated carbocycles. The summed E-state index contributed by atoms with van der Waals surface area (Å²) in [5, 5.41) is 23.1. The van der Waals surface area contributed by atoms with Gasteiger partial charge in [-0.15, -0.1) is 11.3 Å². The quantitative estimate of drug-likeness (QED) is 0.641. The molecule has 1 aromatic carbocycles. The second-order valence-electron chi connectivity index (χ2n) is 7.88. The third-order valence-corrected chi connectivity index (χ3v) is 9.73. The molecule has 1 aliphatic heterocycles. The SMILES string of the molecule is CC1(C)C(=N)N[C@](C)(c2sc(C(=O)NCc3ccc(C#N)cc3)cc2Cl)CS1(=O)=O. The van der Waals surface area contributed by atoms with Crippen LogP contribution in [0.3, 0.4) is 0 Å². The number of thiophene rings is 1. The second kappa shape index (κ2) is 7.69. The van der Waals surface area contributed by atoms with E-state index in [-0.39, 0.29) is 29.1 Å². The highest BCUT2D eigenvalue weighted by Crippen LogP contribution is 2.41. The van der Waals surface area contributed by atoms with Crippen molar-refractivity contribution in [3.8, 4) is 6.07 Å². The first kappa shape index (κ1) is 22.3. The van der Waals surface area contributed by atoms with Crippen molar-refractivity contribution in [1.82, 2.24) is 10.6 Å². The summed E-state index contributed by atoms with van der Waals surface area (Å²) in [6.07, 6.45) is 0.